The third kappa shape index (κ3) is 10.2. The van der Waals surface area contributed by atoms with E-state index in [0.29, 0.717) is 10.3 Å². The van der Waals surface area contributed by atoms with Crippen LogP contribution in [-0.2, 0) is 7.05 Å². The molecule has 6 nitrogen and oxygen atoms in total. The lowest BCUT2D eigenvalue weighted by atomic mass is 10.6. The maximum absolute atomic E-state index is 5.31. The van der Waals surface area contributed by atoms with Gasteiger partial charge in [0.15, 0.2) is 0 Å². The van der Waals surface area contributed by atoms with Gasteiger partial charge in [-0.3, -0.25) is 0 Å². The lowest BCUT2D eigenvalue weighted by Gasteiger charge is -1.90. The summed E-state index contributed by atoms with van der Waals surface area (Å²) in [4.78, 5) is 0. The van der Waals surface area contributed by atoms with Crippen LogP contribution >= 0.6 is 23.2 Å². The molecule has 0 aliphatic heterocycles. The summed E-state index contributed by atoms with van der Waals surface area (Å²) in [5.74, 6) is 1.92. The van der Waals surface area contributed by atoms with Gasteiger partial charge in [0.05, 0.1) is 0 Å². The fraction of sp³-hybridized carbons (Fsp3) is 0.600. The number of nitrogens with zero attached hydrogens (tertiary/aromatic N) is 5. The predicted molar refractivity (Wildman–Crippen MR) is 78.5 cm³/mol. The number of aryl methyl sites for hydroxylation is 2. The van der Waals surface area contributed by atoms with Gasteiger partial charge in [-0.05, 0) is 34.7 Å². The molecular weight excluding hydrogens is 275 g/mol. The summed E-state index contributed by atoms with van der Waals surface area (Å²) >= 11 is 10.6. The summed E-state index contributed by atoms with van der Waals surface area (Å²) in [7, 11) is 3.45. The standard InChI is InChI=1S/C5H9N3.C4H6Cl2N2.CH5N/c1-4-6-7-5(2)8(4)3;1-3(5)7-8-4(2)6;1-2/h1-3H3;1-2H3;2H2,1H3/b;7-3-,8-4-;. The van der Waals surface area contributed by atoms with Crippen molar-refractivity contribution in [3.63, 3.8) is 0 Å². The third-order valence-electron chi connectivity index (χ3n) is 1.64. The lowest BCUT2D eigenvalue weighted by Crippen LogP contribution is -1.92. The summed E-state index contributed by atoms with van der Waals surface area (Å²) in [5, 5.41) is 15.3. The summed E-state index contributed by atoms with van der Waals surface area (Å²) in [5.41, 5.74) is 4.50. The zero-order chi connectivity index (χ0) is 14.7. The Morgan fingerprint density at radius 2 is 1.28 bits per heavy atom. The monoisotopic (exact) mass is 294 g/mol. The highest BCUT2D eigenvalue weighted by molar-refractivity contribution is 6.66. The van der Waals surface area contributed by atoms with E-state index >= 15 is 0 Å². The Balaban J connectivity index is 0. The summed E-state index contributed by atoms with van der Waals surface area (Å²) in [6.45, 7) is 7.12. The fourth-order valence-corrected chi connectivity index (χ4v) is 0.726. The van der Waals surface area contributed by atoms with Crippen LogP contribution < -0.4 is 5.73 Å². The van der Waals surface area contributed by atoms with Crippen molar-refractivity contribution < 1.29 is 0 Å². The van der Waals surface area contributed by atoms with Gasteiger partial charge < -0.3 is 10.3 Å². The van der Waals surface area contributed by atoms with E-state index in [1.165, 1.54) is 7.05 Å². The second kappa shape index (κ2) is 11.1. The van der Waals surface area contributed by atoms with Crippen LogP contribution in [0.5, 0.6) is 0 Å². The Morgan fingerprint density at radius 1 is 1.00 bits per heavy atom. The Hall–Kier alpha value is -0.980. The molecule has 104 valence electrons. The highest BCUT2D eigenvalue weighted by Crippen LogP contribution is 1.92. The molecular formula is C10H20Cl2N6. The fourth-order valence-electron chi connectivity index (χ4n) is 0.651. The molecule has 0 bridgehead atoms. The van der Waals surface area contributed by atoms with Crippen molar-refractivity contribution in [3.05, 3.63) is 11.6 Å². The molecule has 0 saturated heterocycles. The topological polar surface area (TPSA) is 81.4 Å². The first-order valence-corrected chi connectivity index (χ1v) is 5.90. The van der Waals surface area contributed by atoms with Gasteiger partial charge in [-0.2, -0.15) is 0 Å². The van der Waals surface area contributed by atoms with Crippen molar-refractivity contribution in [1.29, 1.82) is 0 Å². The minimum Gasteiger partial charge on any atom is -0.333 e. The van der Waals surface area contributed by atoms with Gasteiger partial charge >= 0.3 is 0 Å². The van der Waals surface area contributed by atoms with Crippen molar-refractivity contribution in [3.8, 4) is 0 Å². The summed E-state index contributed by atoms with van der Waals surface area (Å²) < 4.78 is 1.94. The molecule has 0 amide bonds. The van der Waals surface area contributed by atoms with Gasteiger partial charge in [0, 0.05) is 7.05 Å². The minimum atomic E-state index is 0.380. The molecule has 1 aromatic heterocycles. The van der Waals surface area contributed by atoms with Crippen molar-refractivity contribution in [2.24, 2.45) is 23.0 Å². The van der Waals surface area contributed by atoms with Crippen LogP contribution in [0.15, 0.2) is 10.2 Å². The molecule has 0 fully saturated rings. The molecule has 0 aromatic carbocycles. The molecule has 0 radical (unpaired) electrons. The smallest absolute Gasteiger partial charge is 0.129 e. The van der Waals surface area contributed by atoms with Crippen molar-refractivity contribution in [2.45, 2.75) is 27.7 Å². The van der Waals surface area contributed by atoms with Crippen LogP contribution in [0.4, 0.5) is 0 Å². The van der Waals surface area contributed by atoms with Crippen LogP contribution in [0, 0.1) is 13.8 Å². The summed E-state index contributed by atoms with van der Waals surface area (Å²) in [6, 6.07) is 0. The number of nitrogens with two attached hydrogens (primary N) is 1. The average molecular weight is 295 g/mol. The Morgan fingerprint density at radius 3 is 1.39 bits per heavy atom. The molecule has 0 spiro atoms. The molecule has 0 unspecified atom stereocenters. The van der Waals surface area contributed by atoms with Crippen molar-refractivity contribution in [2.75, 3.05) is 7.05 Å². The first-order valence-electron chi connectivity index (χ1n) is 5.14. The van der Waals surface area contributed by atoms with E-state index in [2.05, 4.69) is 26.1 Å². The Labute approximate surface area is 118 Å². The van der Waals surface area contributed by atoms with Crippen LogP contribution in [0.3, 0.4) is 0 Å². The van der Waals surface area contributed by atoms with Gasteiger partial charge in [0.2, 0.25) is 0 Å². The predicted octanol–water partition coefficient (Wildman–Crippen LogP) is 2.22. The molecule has 0 aliphatic carbocycles. The quantitative estimate of drug-likeness (QED) is 0.637. The molecule has 1 aromatic rings. The van der Waals surface area contributed by atoms with Crippen molar-refractivity contribution >= 4 is 33.5 Å². The Bertz CT molecular complexity index is 354. The van der Waals surface area contributed by atoms with Crippen molar-refractivity contribution in [1.82, 2.24) is 14.8 Å². The Kier molecular flexibility index (Phi) is 12.0. The van der Waals surface area contributed by atoms with Crippen LogP contribution in [0.25, 0.3) is 0 Å². The van der Waals surface area contributed by atoms with Crippen LogP contribution in [-0.4, -0.2) is 32.2 Å². The molecule has 0 aliphatic rings. The first kappa shape index (κ1) is 19.4. The van der Waals surface area contributed by atoms with E-state index in [0.717, 1.165) is 11.6 Å². The number of rotatable bonds is 1. The first-order chi connectivity index (χ1) is 8.34. The molecule has 1 rings (SSSR count). The zero-order valence-corrected chi connectivity index (χ0v) is 13.1. The van der Waals surface area contributed by atoms with E-state index in [-0.39, 0.29) is 0 Å². The van der Waals surface area contributed by atoms with Crippen LogP contribution in [0.2, 0.25) is 0 Å². The van der Waals surface area contributed by atoms with E-state index < -0.39 is 0 Å². The number of aromatic nitrogens is 3. The highest BCUT2D eigenvalue weighted by atomic mass is 35.5. The van der Waals surface area contributed by atoms with Gasteiger partial charge in [-0.25, -0.2) is 0 Å². The van der Waals surface area contributed by atoms with E-state index in [4.69, 9.17) is 23.2 Å². The maximum atomic E-state index is 5.31. The third-order valence-corrected chi connectivity index (χ3v) is 1.79. The number of hydrogen-bond acceptors (Lipinski definition) is 5. The second-order valence-corrected chi connectivity index (χ2v) is 4.14. The van der Waals surface area contributed by atoms with Gasteiger partial charge in [-0.1, -0.05) is 23.2 Å². The normalized spacial score (nSPS) is 11.2. The van der Waals surface area contributed by atoms with E-state index in [9.17, 15) is 0 Å². The van der Waals surface area contributed by atoms with Gasteiger partial charge in [0.1, 0.15) is 22.0 Å². The molecule has 8 heteroatoms. The molecule has 18 heavy (non-hydrogen) atoms. The van der Waals surface area contributed by atoms with Crippen LogP contribution in [0.1, 0.15) is 25.5 Å². The minimum absolute atomic E-state index is 0.380. The molecule has 0 atom stereocenters. The SMILES string of the molecule is C/C(Cl)=N/N=C(/C)Cl.CN.Cc1nnc(C)n1C. The van der Waals surface area contributed by atoms with E-state index in [1.54, 1.807) is 13.8 Å². The highest BCUT2D eigenvalue weighted by Gasteiger charge is 1.94. The molecule has 0 saturated carbocycles. The molecule has 2 N–H and O–H groups in total. The maximum Gasteiger partial charge on any atom is 0.129 e. The van der Waals surface area contributed by atoms with Gasteiger partial charge in [-0.15, -0.1) is 20.4 Å². The van der Waals surface area contributed by atoms with Gasteiger partial charge in [0.25, 0.3) is 0 Å². The number of hydrogen-bond donors (Lipinski definition) is 1. The lowest BCUT2D eigenvalue weighted by molar-refractivity contribution is 0.823. The average Bonchev–Trinajstić information content (AvgIpc) is 2.61. The second-order valence-electron chi connectivity index (χ2n) is 3.05. The zero-order valence-electron chi connectivity index (χ0n) is 11.6. The molecule has 1 heterocycles. The van der Waals surface area contributed by atoms with E-state index in [1.807, 2.05) is 25.5 Å². The number of halogens is 2. The largest absolute Gasteiger partial charge is 0.333 e. The summed E-state index contributed by atoms with van der Waals surface area (Å²) in [6.07, 6.45) is 0.